The zero-order valence-electron chi connectivity index (χ0n) is 25.6. The third-order valence-corrected chi connectivity index (χ3v) is 9.83. The Labute approximate surface area is 252 Å². The Bertz CT molecular complexity index is 1640. The van der Waals surface area contributed by atoms with E-state index in [0.29, 0.717) is 22.9 Å². The van der Waals surface area contributed by atoms with Gasteiger partial charge in [0, 0.05) is 24.7 Å². The highest BCUT2D eigenvalue weighted by Gasteiger charge is 2.31. The monoisotopic (exact) mass is 582 g/mol. The number of carbonyl (C=O) groups is 1. The van der Waals surface area contributed by atoms with Crippen LogP contribution in [0.5, 0.6) is 0 Å². The zero-order valence-corrected chi connectivity index (χ0v) is 26.4. The molecule has 0 saturated heterocycles. The van der Waals surface area contributed by atoms with Crippen LogP contribution in [-0.4, -0.2) is 31.2 Å². The average Bonchev–Trinajstić information content (AvgIpc) is 3.14. The number of carbonyl (C=O) groups excluding carboxylic acids is 1. The highest BCUT2D eigenvalue weighted by atomic mass is 32.2. The van der Waals surface area contributed by atoms with E-state index >= 15 is 0 Å². The van der Waals surface area contributed by atoms with E-state index in [1.807, 2.05) is 64.1 Å². The fourth-order valence-corrected chi connectivity index (χ4v) is 6.71. The SMILES string of the molecule is CCC#CC(=O)Nc1cccc(C2=CC(C)CC=C3CCCC=C(c4cccc(S(=O)(=O)N(C)C(C)(C)C)c4)C3=C2)c1. The molecule has 1 atom stereocenters. The number of hydrogen-bond donors (Lipinski definition) is 1. The molecule has 0 aliphatic heterocycles. The van der Waals surface area contributed by atoms with Gasteiger partial charge in [-0.15, -0.1) is 0 Å². The van der Waals surface area contributed by atoms with E-state index < -0.39 is 15.6 Å². The fourth-order valence-electron chi connectivity index (χ4n) is 5.15. The fraction of sp³-hybridized carbons (Fsp3) is 0.361. The van der Waals surface area contributed by atoms with Crippen LogP contribution in [0.2, 0.25) is 0 Å². The second-order valence-corrected chi connectivity index (χ2v) is 14.0. The molecule has 1 N–H and O–H groups in total. The Morgan fingerprint density at radius 1 is 1.05 bits per heavy atom. The Morgan fingerprint density at radius 2 is 1.79 bits per heavy atom. The van der Waals surface area contributed by atoms with Gasteiger partial charge < -0.3 is 5.32 Å². The van der Waals surface area contributed by atoms with Gasteiger partial charge in [-0.3, -0.25) is 4.79 Å². The summed E-state index contributed by atoms with van der Waals surface area (Å²) in [5.74, 6) is 5.44. The minimum atomic E-state index is -3.67. The largest absolute Gasteiger partial charge is 0.315 e. The number of anilines is 1. The third kappa shape index (κ3) is 7.40. The normalized spacial score (nSPS) is 17.6. The van der Waals surface area contributed by atoms with Crippen molar-refractivity contribution in [1.29, 1.82) is 0 Å². The highest BCUT2D eigenvalue weighted by molar-refractivity contribution is 7.89. The lowest BCUT2D eigenvalue weighted by Gasteiger charge is -2.31. The van der Waals surface area contributed by atoms with Crippen molar-refractivity contribution in [3.8, 4) is 11.8 Å². The molecular formula is C36H42N2O3S. The number of nitrogens with zero attached hydrogens (tertiary/aromatic N) is 1. The maximum Gasteiger partial charge on any atom is 0.300 e. The van der Waals surface area contributed by atoms with Crippen molar-refractivity contribution < 1.29 is 13.2 Å². The highest BCUT2D eigenvalue weighted by Crippen LogP contribution is 2.40. The summed E-state index contributed by atoms with van der Waals surface area (Å²) in [6.07, 6.45) is 13.6. The predicted octanol–water partition coefficient (Wildman–Crippen LogP) is 8.00. The summed E-state index contributed by atoms with van der Waals surface area (Å²) in [5.41, 5.74) is 6.58. The number of rotatable bonds is 5. The van der Waals surface area contributed by atoms with E-state index in [1.165, 1.54) is 9.88 Å². The van der Waals surface area contributed by atoms with Crippen molar-refractivity contribution in [1.82, 2.24) is 4.31 Å². The van der Waals surface area contributed by atoms with Crippen LogP contribution in [0.3, 0.4) is 0 Å². The van der Waals surface area contributed by atoms with Crippen molar-refractivity contribution in [2.75, 3.05) is 12.4 Å². The Morgan fingerprint density at radius 3 is 2.52 bits per heavy atom. The van der Waals surface area contributed by atoms with Crippen LogP contribution >= 0.6 is 0 Å². The van der Waals surface area contributed by atoms with Crippen molar-refractivity contribution in [2.24, 2.45) is 5.92 Å². The molecule has 2 aromatic carbocycles. The van der Waals surface area contributed by atoms with Crippen LogP contribution in [0.4, 0.5) is 5.69 Å². The van der Waals surface area contributed by atoms with Gasteiger partial charge in [0.1, 0.15) is 0 Å². The molecule has 0 radical (unpaired) electrons. The first-order chi connectivity index (χ1) is 19.9. The molecule has 6 heteroatoms. The summed E-state index contributed by atoms with van der Waals surface area (Å²) in [4.78, 5) is 12.6. The van der Waals surface area contributed by atoms with Crippen LogP contribution in [-0.2, 0) is 14.8 Å². The van der Waals surface area contributed by atoms with Crippen molar-refractivity contribution in [3.05, 3.63) is 95.1 Å². The van der Waals surface area contributed by atoms with Gasteiger partial charge in [0.15, 0.2) is 0 Å². The molecule has 0 heterocycles. The Kier molecular flexibility index (Phi) is 9.76. The Balaban J connectivity index is 1.80. The van der Waals surface area contributed by atoms with Crippen molar-refractivity contribution >= 4 is 32.8 Å². The molecule has 0 aromatic heterocycles. The second kappa shape index (κ2) is 13.1. The molecule has 2 aromatic rings. The number of allylic oxidation sites excluding steroid dienone is 8. The molecule has 2 aliphatic carbocycles. The van der Waals surface area contributed by atoms with Crippen LogP contribution in [0, 0.1) is 17.8 Å². The minimum absolute atomic E-state index is 0.290. The third-order valence-electron chi connectivity index (χ3n) is 7.72. The van der Waals surface area contributed by atoms with Gasteiger partial charge in [-0.25, -0.2) is 8.42 Å². The second-order valence-electron chi connectivity index (χ2n) is 12.0. The van der Waals surface area contributed by atoms with Crippen LogP contribution in [0.25, 0.3) is 11.1 Å². The number of hydrogen-bond acceptors (Lipinski definition) is 3. The first-order valence-electron chi connectivity index (χ1n) is 14.7. The molecule has 220 valence electrons. The number of sulfonamides is 1. The van der Waals surface area contributed by atoms with Crippen molar-refractivity contribution in [2.45, 2.75) is 77.2 Å². The topological polar surface area (TPSA) is 66.5 Å². The lowest BCUT2D eigenvalue weighted by Crippen LogP contribution is -2.42. The summed E-state index contributed by atoms with van der Waals surface area (Å²) in [6, 6.07) is 15.2. The summed E-state index contributed by atoms with van der Waals surface area (Å²) < 4.78 is 28.5. The average molecular weight is 583 g/mol. The van der Waals surface area contributed by atoms with Crippen LogP contribution in [0.1, 0.15) is 77.8 Å². The number of nitrogens with one attached hydrogen (secondary N) is 1. The maximum atomic E-state index is 13.5. The molecule has 4 rings (SSSR count). The van der Waals surface area contributed by atoms with E-state index in [1.54, 1.807) is 13.1 Å². The predicted molar refractivity (Wildman–Crippen MR) is 174 cm³/mol. The lowest BCUT2D eigenvalue weighted by atomic mass is 9.85. The van der Waals surface area contributed by atoms with Gasteiger partial charge in [-0.05, 0) is 122 Å². The van der Waals surface area contributed by atoms with E-state index in [9.17, 15) is 13.2 Å². The molecule has 5 nitrogen and oxygen atoms in total. The molecule has 1 unspecified atom stereocenters. The summed E-state index contributed by atoms with van der Waals surface area (Å²) in [6.45, 7) is 9.82. The molecule has 0 saturated carbocycles. The van der Waals surface area contributed by atoms with E-state index in [2.05, 4.69) is 54.5 Å². The van der Waals surface area contributed by atoms with Gasteiger partial charge in [0.2, 0.25) is 10.0 Å². The van der Waals surface area contributed by atoms with Crippen molar-refractivity contribution in [3.63, 3.8) is 0 Å². The molecule has 42 heavy (non-hydrogen) atoms. The molecule has 1 amide bonds. The van der Waals surface area contributed by atoms with Gasteiger partial charge in [0.05, 0.1) is 4.90 Å². The molecule has 2 aliphatic rings. The van der Waals surface area contributed by atoms with Gasteiger partial charge in [0.25, 0.3) is 5.91 Å². The molecule has 0 fully saturated rings. The molecular weight excluding hydrogens is 540 g/mol. The summed E-state index contributed by atoms with van der Waals surface area (Å²) in [5, 5.41) is 2.89. The van der Waals surface area contributed by atoms with Crippen LogP contribution < -0.4 is 5.32 Å². The van der Waals surface area contributed by atoms with Gasteiger partial charge >= 0.3 is 0 Å². The smallest absolute Gasteiger partial charge is 0.300 e. The Hall–Kier alpha value is -3.66. The summed E-state index contributed by atoms with van der Waals surface area (Å²) >= 11 is 0. The maximum absolute atomic E-state index is 13.5. The minimum Gasteiger partial charge on any atom is -0.315 e. The van der Waals surface area contributed by atoms with E-state index in [4.69, 9.17) is 0 Å². The van der Waals surface area contributed by atoms with Crippen LogP contribution in [0.15, 0.2) is 88.9 Å². The van der Waals surface area contributed by atoms with E-state index in [-0.39, 0.29) is 5.91 Å². The van der Waals surface area contributed by atoms with Gasteiger partial charge in [-0.1, -0.05) is 62.3 Å². The molecule has 0 spiro atoms. The summed E-state index contributed by atoms with van der Waals surface area (Å²) in [7, 11) is -2.04. The zero-order chi connectivity index (χ0) is 30.5. The molecule has 0 bridgehead atoms. The van der Waals surface area contributed by atoms with Gasteiger partial charge in [-0.2, -0.15) is 4.31 Å². The lowest BCUT2D eigenvalue weighted by molar-refractivity contribution is -0.111. The quantitative estimate of drug-likeness (QED) is 0.363. The first kappa shape index (κ1) is 31.3. The number of fused-ring (bicyclic) bond motifs is 1. The first-order valence-corrected chi connectivity index (χ1v) is 16.2. The van der Waals surface area contributed by atoms with E-state index in [0.717, 1.165) is 53.5 Å². The standard InChI is InChI=1S/C36H42N2O3S/c1-7-8-19-35(39)37-31-16-11-14-28(23-31)30-22-26(2)20-21-27-13-9-10-18-33(34(27)25-30)29-15-12-17-32(24-29)42(40,41)38(6)36(3,4)5/h11-12,14-18,21-26H,7,9-10,13,20H2,1-6H3,(H,37,39). The number of amides is 1. The number of benzene rings is 2.